The molecule has 1 saturated heterocycles. The summed E-state index contributed by atoms with van der Waals surface area (Å²) in [5.41, 5.74) is 2.44. The molecule has 0 radical (unpaired) electrons. The number of benzene rings is 1. The number of nitrogens with one attached hydrogen (secondary N) is 2. The molecule has 1 aliphatic carbocycles. The van der Waals surface area contributed by atoms with Crippen molar-refractivity contribution in [1.82, 2.24) is 15.3 Å². The summed E-state index contributed by atoms with van der Waals surface area (Å²) in [6, 6.07) is 7.66. The van der Waals surface area contributed by atoms with E-state index in [4.69, 9.17) is 15.4 Å². The molecule has 3 N–H and O–H groups in total. The fourth-order valence-corrected chi connectivity index (χ4v) is 4.10. The predicted molar refractivity (Wildman–Crippen MR) is 108 cm³/mol. The van der Waals surface area contributed by atoms with Crippen molar-refractivity contribution in [2.75, 3.05) is 26.2 Å². The molecule has 0 atom stereocenters. The molecule has 3 rings (SSSR count). The molecule has 2 aliphatic rings. The van der Waals surface area contributed by atoms with Crippen molar-refractivity contribution < 1.29 is 14.7 Å². The molecule has 0 aromatic heterocycles. The molecule has 7 nitrogen and oxygen atoms in total. The highest BCUT2D eigenvalue weighted by atomic mass is 16.5. The average Bonchev–Trinajstić information content (AvgIpc) is 2.74. The number of piperazine rings is 1. The molecular formula is C21H32N4O3. The van der Waals surface area contributed by atoms with Crippen molar-refractivity contribution in [2.24, 2.45) is 5.92 Å². The summed E-state index contributed by atoms with van der Waals surface area (Å²) in [5.74, 6) is 1.17. The summed E-state index contributed by atoms with van der Waals surface area (Å²) < 4.78 is 6.05. The molecule has 1 aliphatic heterocycles. The van der Waals surface area contributed by atoms with Crippen LogP contribution in [0.25, 0.3) is 0 Å². The highest BCUT2D eigenvalue weighted by molar-refractivity contribution is 5.95. The number of ether oxygens (including phenoxy) is 1. The number of carbonyl (C=O) groups excluding carboxylic acids is 1. The van der Waals surface area contributed by atoms with Crippen molar-refractivity contribution in [3.8, 4) is 5.75 Å². The third kappa shape index (κ3) is 5.02. The van der Waals surface area contributed by atoms with Crippen LogP contribution in [0.1, 0.15) is 45.1 Å². The molecule has 7 heteroatoms. The van der Waals surface area contributed by atoms with Crippen LogP contribution >= 0.6 is 0 Å². The number of amides is 1. The van der Waals surface area contributed by atoms with Gasteiger partial charge < -0.3 is 9.64 Å². The van der Waals surface area contributed by atoms with Gasteiger partial charge in [0.15, 0.2) is 0 Å². The van der Waals surface area contributed by atoms with E-state index >= 15 is 0 Å². The van der Waals surface area contributed by atoms with Crippen molar-refractivity contribution >= 4 is 11.7 Å². The molecule has 0 bridgehead atoms. The SMILES string of the molecule is CC(C)N1CCN(C(=O)[C@H]2CC[C@H](Oc3ccc(C(=N)NO)cc3)CC2)CC1. The molecule has 1 amide bonds. The zero-order valence-corrected chi connectivity index (χ0v) is 16.9. The Morgan fingerprint density at radius 2 is 1.71 bits per heavy atom. The van der Waals surface area contributed by atoms with E-state index in [0.717, 1.165) is 57.6 Å². The molecule has 28 heavy (non-hydrogen) atoms. The van der Waals surface area contributed by atoms with Crippen molar-refractivity contribution in [1.29, 1.82) is 5.41 Å². The molecular weight excluding hydrogens is 356 g/mol. The van der Waals surface area contributed by atoms with Crippen LogP contribution in [-0.4, -0.2) is 65.1 Å². The van der Waals surface area contributed by atoms with E-state index in [9.17, 15) is 4.79 Å². The van der Waals surface area contributed by atoms with E-state index in [1.807, 2.05) is 22.5 Å². The fourth-order valence-electron chi connectivity index (χ4n) is 4.10. The van der Waals surface area contributed by atoms with E-state index in [2.05, 4.69) is 18.7 Å². The highest BCUT2D eigenvalue weighted by Crippen LogP contribution is 2.29. The maximum atomic E-state index is 12.8. The van der Waals surface area contributed by atoms with E-state index < -0.39 is 0 Å². The van der Waals surface area contributed by atoms with Gasteiger partial charge in [0.2, 0.25) is 5.91 Å². The standard InChI is InChI=1S/C21H32N4O3/c1-15(2)24-11-13-25(14-12-24)21(26)17-5-9-19(10-6-17)28-18-7-3-16(4-8-18)20(22)23-27/h3-4,7-8,15,17,19,27H,5-6,9-14H2,1-2H3,(H2,22,23)/t17-,19-. The number of nitrogens with zero attached hydrogens (tertiary/aromatic N) is 2. The Morgan fingerprint density at radius 3 is 2.25 bits per heavy atom. The Kier molecular flexibility index (Phi) is 6.91. The van der Waals surface area contributed by atoms with Gasteiger partial charge in [0.25, 0.3) is 0 Å². The van der Waals surface area contributed by atoms with Crippen LogP contribution in [0.15, 0.2) is 24.3 Å². The van der Waals surface area contributed by atoms with Gasteiger partial charge >= 0.3 is 0 Å². The van der Waals surface area contributed by atoms with Crippen LogP contribution in [0.5, 0.6) is 5.75 Å². The summed E-state index contributed by atoms with van der Waals surface area (Å²) >= 11 is 0. The molecule has 0 spiro atoms. The zero-order valence-electron chi connectivity index (χ0n) is 16.9. The molecule has 1 heterocycles. The van der Waals surface area contributed by atoms with Crippen LogP contribution < -0.4 is 10.2 Å². The van der Waals surface area contributed by atoms with Gasteiger partial charge in [-0.2, -0.15) is 0 Å². The second kappa shape index (κ2) is 9.39. The van der Waals surface area contributed by atoms with Gasteiger partial charge in [-0.15, -0.1) is 0 Å². The molecule has 1 aromatic rings. The third-order valence-electron chi connectivity index (χ3n) is 5.94. The number of hydrogen-bond acceptors (Lipinski definition) is 5. The van der Waals surface area contributed by atoms with E-state index in [1.165, 1.54) is 0 Å². The Bertz CT molecular complexity index is 661. The van der Waals surface area contributed by atoms with Crippen LogP contribution in [0, 0.1) is 11.3 Å². The monoisotopic (exact) mass is 388 g/mol. The Labute approximate surface area is 167 Å². The van der Waals surface area contributed by atoms with Gasteiger partial charge in [-0.05, 0) is 63.8 Å². The van der Waals surface area contributed by atoms with E-state index in [1.54, 1.807) is 12.1 Å². The molecule has 2 fully saturated rings. The number of hydroxylamine groups is 1. The second-order valence-corrected chi connectivity index (χ2v) is 8.06. The molecule has 1 aromatic carbocycles. The molecule has 154 valence electrons. The third-order valence-corrected chi connectivity index (χ3v) is 5.94. The summed E-state index contributed by atoms with van der Waals surface area (Å²) in [5, 5.41) is 16.3. The Balaban J connectivity index is 1.44. The largest absolute Gasteiger partial charge is 0.490 e. The van der Waals surface area contributed by atoms with Gasteiger partial charge in [-0.3, -0.25) is 25.8 Å². The van der Waals surface area contributed by atoms with Crippen LogP contribution in [0.4, 0.5) is 0 Å². The lowest BCUT2D eigenvalue weighted by atomic mass is 9.86. The zero-order chi connectivity index (χ0) is 20.1. The fraction of sp³-hybridized carbons (Fsp3) is 0.619. The van der Waals surface area contributed by atoms with Gasteiger partial charge in [0.05, 0.1) is 6.10 Å². The number of amidine groups is 1. The average molecular weight is 389 g/mol. The van der Waals surface area contributed by atoms with Gasteiger partial charge in [-0.1, -0.05) is 0 Å². The summed E-state index contributed by atoms with van der Waals surface area (Å²) in [7, 11) is 0. The van der Waals surface area contributed by atoms with Crippen LogP contribution in [-0.2, 0) is 4.79 Å². The summed E-state index contributed by atoms with van der Waals surface area (Å²) in [4.78, 5) is 17.3. The minimum absolute atomic E-state index is 0.0419. The maximum Gasteiger partial charge on any atom is 0.225 e. The quantitative estimate of drug-likeness (QED) is 0.410. The first-order valence-corrected chi connectivity index (χ1v) is 10.3. The lowest BCUT2D eigenvalue weighted by Gasteiger charge is -2.39. The minimum Gasteiger partial charge on any atom is -0.490 e. The first kappa shape index (κ1) is 20.6. The van der Waals surface area contributed by atoms with Crippen LogP contribution in [0.2, 0.25) is 0 Å². The lowest BCUT2D eigenvalue weighted by Crippen LogP contribution is -2.52. The second-order valence-electron chi connectivity index (χ2n) is 8.06. The lowest BCUT2D eigenvalue weighted by molar-refractivity contribution is -0.139. The predicted octanol–water partition coefficient (Wildman–Crippen LogP) is 2.48. The molecule has 1 saturated carbocycles. The van der Waals surface area contributed by atoms with Crippen molar-refractivity contribution in [3.05, 3.63) is 29.8 Å². The number of carbonyl (C=O) groups is 1. The number of hydrogen-bond donors (Lipinski definition) is 3. The first-order valence-electron chi connectivity index (χ1n) is 10.3. The van der Waals surface area contributed by atoms with Crippen LogP contribution in [0.3, 0.4) is 0 Å². The number of rotatable bonds is 5. The van der Waals surface area contributed by atoms with E-state index in [0.29, 0.717) is 17.5 Å². The highest BCUT2D eigenvalue weighted by Gasteiger charge is 2.32. The van der Waals surface area contributed by atoms with E-state index in [-0.39, 0.29) is 17.9 Å². The Morgan fingerprint density at radius 1 is 1.11 bits per heavy atom. The Hall–Kier alpha value is -2.12. The smallest absolute Gasteiger partial charge is 0.225 e. The summed E-state index contributed by atoms with van der Waals surface area (Å²) in [6.07, 6.45) is 3.66. The molecule has 0 unspecified atom stereocenters. The summed E-state index contributed by atoms with van der Waals surface area (Å²) in [6.45, 7) is 8.05. The van der Waals surface area contributed by atoms with Gasteiger partial charge in [-0.25, -0.2) is 0 Å². The topological polar surface area (TPSA) is 88.9 Å². The minimum atomic E-state index is -0.0419. The normalized spacial score (nSPS) is 23.5. The van der Waals surface area contributed by atoms with Gasteiger partial charge in [0, 0.05) is 43.7 Å². The first-order chi connectivity index (χ1) is 13.5. The van der Waals surface area contributed by atoms with Crippen molar-refractivity contribution in [2.45, 2.75) is 51.7 Å². The van der Waals surface area contributed by atoms with Gasteiger partial charge in [0.1, 0.15) is 11.6 Å². The maximum absolute atomic E-state index is 12.8. The van der Waals surface area contributed by atoms with Crippen molar-refractivity contribution in [3.63, 3.8) is 0 Å².